The van der Waals surface area contributed by atoms with Crippen molar-refractivity contribution in [2.24, 2.45) is 0 Å². The Morgan fingerprint density at radius 3 is 2.14 bits per heavy atom. The second-order valence-corrected chi connectivity index (χ2v) is 5.73. The summed E-state index contributed by atoms with van der Waals surface area (Å²) < 4.78 is 0. The second-order valence-electron chi connectivity index (χ2n) is 5.73. The summed E-state index contributed by atoms with van der Waals surface area (Å²) in [6, 6.07) is 7.88. The molecule has 1 aromatic rings. The Balaban J connectivity index is 2.65. The number of anilines is 1. The number of nitrogens with one attached hydrogen (secondary N) is 1. The highest BCUT2D eigenvalue weighted by Crippen LogP contribution is 2.17. The minimum absolute atomic E-state index is 0.0663. The Kier molecular flexibility index (Phi) is 6.40. The zero-order valence-electron chi connectivity index (χ0n) is 13.6. The molecule has 1 aromatic carbocycles. The van der Waals surface area contributed by atoms with Crippen LogP contribution in [0.15, 0.2) is 24.3 Å². The van der Waals surface area contributed by atoms with E-state index < -0.39 is 0 Å². The fourth-order valence-electron chi connectivity index (χ4n) is 2.10. The zero-order chi connectivity index (χ0) is 16.0. The number of rotatable bonds is 6. The molecule has 4 heteroatoms. The van der Waals surface area contributed by atoms with Crippen molar-refractivity contribution in [3.05, 3.63) is 29.8 Å². The Labute approximate surface area is 127 Å². The average Bonchev–Trinajstić information content (AvgIpc) is 2.44. The van der Waals surface area contributed by atoms with Gasteiger partial charge in [-0.3, -0.25) is 9.59 Å². The Bertz CT molecular complexity index is 480. The van der Waals surface area contributed by atoms with E-state index in [1.807, 2.05) is 38.1 Å². The SMILES string of the molecule is CCC(C)N(CC(=O)Nc1ccc(C(C)C)cc1)C(C)=O. The van der Waals surface area contributed by atoms with Crippen molar-refractivity contribution < 1.29 is 9.59 Å². The molecule has 0 spiro atoms. The van der Waals surface area contributed by atoms with E-state index in [4.69, 9.17) is 0 Å². The molecule has 1 rings (SSSR count). The molecular formula is C17H26N2O2. The highest BCUT2D eigenvalue weighted by atomic mass is 16.2. The number of carbonyl (C=O) groups is 2. The van der Waals surface area contributed by atoms with E-state index in [9.17, 15) is 9.59 Å². The predicted octanol–water partition coefficient (Wildman–Crippen LogP) is 3.40. The number of benzene rings is 1. The first-order valence-electron chi connectivity index (χ1n) is 7.52. The van der Waals surface area contributed by atoms with Crippen molar-refractivity contribution in [3.63, 3.8) is 0 Å². The maximum atomic E-state index is 12.1. The van der Waals surface area contributed by atoms with Crippen molar-refractivity contribution in [1.82, 2.24) is 4.90 Å². The predicted molar refractivity (Wildman–Crippen MR) is 86.3 cm³/mol. The molecule has 0 aliphatic heterocycles. The van der Waals surface area contributed by atoms with Gasteiger partial charge in [0.2, 0.25) is 11.8 Å². The van der Waals surface area contributed by atoms with Gasteiger partial charge >= 0.3 is 0 Å². The van der Waals surface area contributed by atoms with Crippen LogP contribution in [0.1, 0.15) is 52.5 Å². The fourth-order valence-corrected chi connectivity index (χ4v) is 2.10. The van der Waals surface area contributed by atoms with Gasteiger partial charge in [0.1, 0.15) is 6.54 Å². The van der Waals surface area contributed by atoms with Crippen LogP contribution in [0.25, 0.3) is 0 Å². The summed E-state index contributed by atoms with van der Waals surface area (Å²) in [5.74, 6) is 0.228. The Morgan fingerprint density at radius 1 is 1.14 bits per heavy atom. The first-order valence-corrected chi connectivity index (χ1v) is 7.52. The van der Waals surface area contributed by atoms with Gasteiger partial charge in [0, 0.05) is 18.7 Å². The van der Waals surface area contributed by atoms with Gasteiger partial charge in [0.15, 0.2) is 0 Å². The molecule has 0 radical (unpaired) electrons. The van der Waals surface area contributed by atoms with Crippen LogP contribution in [0.4, 0.5) is 5.69 Å². The van der Waals surface area contributed by atoms with Gasteiger partial charge in [0.25, 0.3) is 0 Å². The van der Waals surface area contributed by atoms with Crippen LogP contribution in [-0.4, -0.2) is 29.3 Å². The van der Waals surface area contributed by atoms with Crippen LogP contribution in [0, 0.1) is 0 Å². The van der Waals surface area contributed by atoms with Gasteiger partial charge < -0.3 is 10.2 Å². The normalized spacial score (nSPS) is 12.1. The van der Waals surface area contributed by atoms with Gasteiger partial charge in [-0.05, 0) is 37.0 Å². The quantitative estimate of drug-likeness (QED) is 0.873. The van der Waals surface area contributed by atoms with Crippen molar-refractivity contribution in [2.45, 2.75) is 53.0 Å². The van der Waals surface area contributed by atoms with Gasteiger partial charge in [-0.15, -0.1) is 0 Å². The fraction of sp³-hybridized carbons (Fsp3) is 0.529. The first kappa shape index (κ1) is 17.2. The lowest BCUT2D eigenvalue weighted by atomic mass is 10.0. The number of amides is 2. The van der Waals surface area contributed by atoms with E-state index in [1.54, 1.807) is 4.90 Å². The monoisotopic (exact) mass is 290 g/mol. The minimum atomic E-state index is -0.164. The maximum Gasteiger partial charge on any atom is 0.244 e. The third kappa shape index (κ3) is 5.21. The molecule has 0 saturated carbocycles. The molecule has 1 unspecified atom stereocenters. The van der Waals surface area contributed by atoms with E-state index in [2.05, 4.69) is 19.2 Å². The molecule has 0 saturated heterocycles. The minimum Gasteiger partial charge on any atom is -0.331 e. The zero-order valence-corrected chi connectivity index (χ0v) is 13.6. The van der Waals surface area contributed by atoms with Crippen molar-refractivity contribution in [1.29, 1.82) is 0 Å². The molecule has 1 atom stereocenters. The van der Waals surface area contributed by atoms with Crippen LogP contribution in [-0.2, 0) is 9.59 Å². The highest BCUT2D eigenvalue weighted by molar-refractivity contribution is 5.94. The van der Waals surface area contributed by atoms with Gasteiger partial charge in [-0.2, -0.15) is 0 Å². The standard InChI is InChI=1S/C17H26N2O2/c1-6-13(4)19(14(5)20)11-17(21)18-16-9-7-15(8-10-16)12(2)3/h7-10,12-13H,6,11H2,1-5H3,(H,18,21). The maximum absolute atomic E-state index is 12.1. The average molecular weight is 290 g/mol. The van der Waals surface area contributed by atoms with Crippen molar-refractivity contribution in [2.75, 3.05) is 11.9 Å². The lowest BCUT2D eigenvalue weighted by Crippen LogP contribution is -2.42. The molecule has 4 nitrogen and oxygen atoms in total. The van der Waals surface area contributed by atoms with E-state index >= 15 is 0 Å². The van der Waals surface area contributed by atoms with Crippen molar-refractivity contribution in [3.8, 4) is 0 Å². The van der Waals surface area contributed by atoms with Crippen LogP contribution in [0.3, 0.4) is 0 Å². The summed E-state index contributed by atoms with van der Waals surface area (Å²) in [7, 11) is 0. The number of nitrogens with zero attached hydrogens (tertiary/aromatic N) is 1. The van der Waals surface area contributed by atoms with E-state index in [-0.39, 0.29) is 24.4 Å². The molecule has 21 heavy (non-hydrogen) atoms. The lowest BCUT2D eigenvalue weighted by Gasteiger charge is -2.26. The molecule has 0 fully saturated rings. The van der Waals surface area contributed by atoms with Crippen LogP contribution < -0.4 is 5.32 Å². The third-order valence-electron chi connectivity index (χ3n) is 3.70. The number of hydrogen-bond donors (Lipinski definition) is 1. The first-order chi connectivity index (χ1) is 9.85. The summed E-state index contributed by atoms with van der Waals surface area (Å²) in [5, 5.41) is 2.84. The molecule has 0 aliphatic carbocycles. The number of carbonyl (C=O) groups excluding carboxylic acids is 2. The van der Waals surface area contributed by atoms with Crippen LogP contribution in [0.5, 0.6) is 0 Å². The third-order valence-corrected chi connectivity index (χ3v) is 3.70. The van der Waals surface area contributed by atoms with Crippen LogP contribution >= 0.6 is 0 Å². The second kappa shape index (κ2) is 7.81. The molecule has 2 amide bonds. The topological polar surface area (TPSA) is 49.4 Å². The summed E-state index contributed by atoms with van der Waals surface area (Å²) in [5.41, 5.74) is 2.00. The van der Waals surface area contributed by atoms with Crippen molar-refractivity contribution >= 4 is 17.5 Å². The summed E-state index contributed by atoms with van der Waals surface area (Å²) in [6.45, 7) is 9.80. The summed E-state index contributed by atoms with van der Waals surface area (Å²) in [4.78, 5) is 25.3. The summed E-state index contributed by atoms with van der Waals surface area (Å²) >= 11 is 0. The molecule has 1 N–H and O–H groups in total. The van der Waals surface area contributed by atoms with E-state index in [0.717, 1.165) is 12.1 Å². The molecule has 0 aliphatic rings. The van der Waals surface area contributed by atoms with Gasteiger partial charge in [0.05, 0.1) is 0 Å². The van der Waals surface area contributed by atoms with E-state index in [1.165, 1.54) is 12.5 Å². The summed E-state index contributed by atoms with van der Waals surface area (Å²) in [6.07, 6.45) is 0.829. The van der Waals surface area contributed by atoms with Gasteiger partial charge in [-0.25, -0.2) is 0 Å². The van der Waals surface area contributed by atoms with E-state index in [0.29, 0.717) is 5.92 Å². The van der Waals surface area contributed by atoms with Gasteiger partial charge in [-0.1, -0.05) is 32.9 Å². The highest BCUT2D eigenvalue weighted by Gasteiger charge is 2.18. The largest absolute Gasteiger partial charge is 0.331 e. The molecule has 0 aromatic heterocycles. The Morgan fingerprint density at radius 2 is 1.71 bits per heavy atom. The molecular weight excluding hydrogens is 264 g/mol. The Hall–Kier alpha value is -1.84. The number of hydrogen-bond acceptors (Lipinski definition) is 2. The molecule has 0 heterocycles. The molecule has 0 bridgehead atoms. The molecule has 116 valence electrons. The lowest BCUT2D eigenvalue weighted by molar-refractivity contribution is -0.134. The smallest absolute Gasteiger partial charge is 0.244 e. The van der Waals surface area contributed by atoms with Crippen LogP contribution in [0.2, 0.25) is 0 Å².